The van der Waals surface area contributed by atoms with Gasteiger partial charge in [0.05, 0.1) is 17.7 Å². The van der Waals surface area contributed by atoms with Gasteiger partial charge in [0.1, 0.15) is 0 Å². The Morgan fingerprint density at radius 1 is 1.19 bits per heavy atom. The van der Waals surface area contributed by atoms with Crippen LogP contribution in [0.1, 0.15) is 36.2 Å². The molecule has 0 bridgehead atoms. The molecule has 1 heterocycles. The van der Waals surface area contributed by atoms with E-state index in [-0.39, 0.29) is 11.7 Å². The van der Waals surface area contributed by atoms with Crippen molar-refractivity contribution in [2.75, 3.05) is 12.0 Å². The van der Waals surface area contributed by atoms with Gasteiger partial charge in [0.2, 0.25) is 0 Å². The van der Waals surface area contributed by atoms with Crippen LogP contribution in [0.25, 0.3) is 6.08 Å². The van der Waals surface area contributed by atoms with Crippen molar-refractivity contribution in [1.82, 2.24) is 0 Å². The fourth-order valence-electron chi connectivity index (χ4n) is 3.02. The summed E-state index contributed by atoms with van der Waals surface area (Å²) in [5.74, 6) is -0.729. The van der Waals surface area contributed by atoms with Crippen molar-refractivity contribution in [3.8, 4) is 11.5 Å². The Labute approximate surface area is 195 Å². The van der Waals surface area contributed by atoms with Crippen molar-refractivity contribution in [3.05, 3.63) is 58.5 Å². The number of carbonyl (C=O) groups excluding carboxylic acids is 2. The first-order valence-electron chi connectivity index (χ1n) is 9.71. The largest absolute Gasteiger partial charge is 0.493 e. The number of aliphatic carboxylic acids is 1. The van der Waals surface area contributed by atoms with Gasteiger partial charge in [0.25, 0.3) is 5.91 Å². The average Bonchev–Trinajstić information content (AvgIpc) is 3.05. The molecule has 0 spiro atoms. The summed E-state index contributed by atoms with van der Waals surface area (Å²) >= 11 is 6.56. The minimum Gasteiger partial charge on any atom is -0.493 e. The van der Waals surface area contributed by atoms with E-state index in [0.717, 1.165) is 0 Å². The van der Waals surface area contributed by atoms with E-state index < -0.39 is 12.1 Å². The maximum Gasteiger partial charge on any atom is 0.344 e. The first kappa shape index (κ1) is 23.5. The van der Waals surface area contributed by atoms with Crippen molar-refractivity contribution in [2.24, 2.45) is 0 Å². The van der Waals surface area contributed by atoms with Gasteiger partial charge in [0, 0.05) is 5.56 Å². The van der Waals surface area contributed by atoms with Crippen LogP contribution >= 0.6 is 24.0 Å². The standard InChI is InChI=1S/C23H21NO6S2/c1-4-17(22(27)28)30-18-10-5-14(11-19(18)29-3)12-20-21(26)24(23(31)32-20)16-8-6-15(7-9-16)13(2)25/h5-12,17H,4H2,1-3H3,(H,27,28)/b20-12+. The molecule has 1 fully saturated rings. The summed E-state index contributed by atoms with van der Waals surface area (Å²) in [4.78, 5) is 37.6. The number of Topliss-reactive ketones (excluding diaryl/α,β-unsaturated/α-hetero) is 1. The first-order chi connectivity index (χ1) is 15.2. The van der Waals surface area contributed by atoms with E-state index in [4.69, 9.17) is 21.7 Å². The minimum atomic E-state index is -1.06. The zero-order chi connectivity index (χ0) is 23.4. The highest BCUT2D eigenvalue weighted by atomic mass is 32.2. The summed E-state index contributed by atoms with van der Waals surface area (Å²) < 4.78 is 11.3. The third kappa shape index (κ3) is 5.00. The lowest BCUT2D eigenvalue weighted by Crippen LogP contribution is -2.27. The second-order valence-corrected chi connectivity index (χ2v) is 8.56. The summed E-state index contributed by atoms with van der Waals surface area (Å²) in [7, 11) is 1.46. The van der Waals surface area contributed by atoms with Gasteiger partial charge in [0.15, 0.2) is 27.7 Å². The number of amides is 1. The molecule has 2 aromatic rings. The molecule has 9 heteroatoms. The second kappa shape index (κ2) is 9.97. The fourth-order valence-corrected chi connectivity index (χ4v) is 4.32. The number of benzene rings is 2. The molecule has 7 nitrogen and oxygen atoms in total. The number of nitrogens with zero attached hydrogens (tertiary/aromatic N) is 1. The predicted molar refractivity (Wildman–Crippen MR) is 127 cm³/mol. The highest BCUT2D eigenvalue weighted by Gasteiger charge is 2.33. The van der Waals surface area contributed by atoms with Crippen molar-refractivity contribution < 1.29 is 29.0 Å². The van der Waals surface area contributed by atoms with Gasteiger partial charge in [-0.05, 0) is 61.4 Å². The number of methoxy groups -OCH3 is 1. The molecule has 1 atom stereocenters. The molecule has 0 saturated carbocycles. The summed E-state index contributed by atoms with van der Waals surface area (Å²) in [6.45, 7) is 3.20. The number of thioether (sulfide) groups is 1. The van der Waals surface area contributed by atoms with E-state index in [9.17, 15) is 19.5 Å². The lowest BCUT2D eigenvalue weighted by Gasteiger charge is -2.16. The predicted octanol–water partition coefficient (Wildman–Crippen LogP) is 4.55. The third-order valence-corrected chi connectivity index (χ3v) is 6.03. The zero-order valence-corrected chi connectivity index (χ0v) is 19.3. The molecule has 1 aliphatic rings. The molecule has 1 unspecified atom stereocenters. The average molecular weight is 472 g/mol. The fraction of sp³-hybridized carbons (Fsp3) is 0.217. The van der Waals surface area contributed by atoms with Crippen LogP contribution in [0.3, 0.4) is 0 Å². The number of rotatable bonds is 8. The zero-order valence-electron chi connectivity index (χ0n) is 17.7. The van der Waals surface area contributed by atoms with Gasteiger partial charge in [-0.1, -0.05) is 37.0 Å². The molecular formula is C23H21NO6S2. The molecule has 32 heavy (non-hydrogen) atoms. The third-order valence-electron chi connectivity index (χ3n) is 4.73. The van der Waals surface area contributed by atoms with E-state index in [1.54, 1.807) is 55.5 Å². The highest BCUT2D eigenvalue weighted by Crippen LogP contribution is 2.37. The van der Waals surface area contributed by atoms with Gasteiger partial charge in [-0.15, -0.1) is 0 Å². The summed E-state index contributed by atoms with van der Waals surface area (Å²) in [5.41, 5.74) is 1.81. The molecule has 3 rings (SSSR count). The van der Waals surface area contributed by atoms with Crippen molar-refractivity contribution in [2.45, 2.75) is 26.4 Å². The Balaban J connectivity index is 1.85. The SMILES string of the molecule is CCC(Oc1ccc(/C=C2/SC(=S)N(c3ccc(C(C)=O)cc3)C2=O)cc1OC)C(=O)O. The van der Waals surface area contributed by atoms with E-state index >= 15 is 0 Å². The van der Waals surface area contributed by atoms with Crippen molar-refractivity contribution >= 4 is 57.7 Å². The molecule has 1 aliphatic heterocycles. The van der Waals surface area contributed by atoms with Gasteiger partial charge in [-0.25, -0.2) is 4.79 Å². The molecule has 0 radical (unpaired) electrons. The van der Waals surface area contributed by atoms with Crippen LogP contribution in [0.15, 0.2) is 47.4 Å². The monoisotopic (exact) mass is 471 g/mol. The molecule has 1 N–H and O–H groups in total. The maximum absolute atomic E-state index is 13.0. The molecular weight excluding hydrogens is 450 g/mol. The van der Waals surface area contributed by atoms with Gasteiger partial charge >= 0.3 is 5.97 Å². The lowest BCUT2D eigenvalue weighted by atomic mass is 10.1. The summed E-state index contributed by atoms with van der Waals surface area (Å²) in [6, 6.07) is 11.7. The van der Waals surface area contributed by atoms with Crippen molar-refractivity contribution in [3.63, 3.8) is 0 Å². The van der Waals surface area contributed by atoms with Crippen LogP contribution in [-0.2, 0) is 9.59 Å². The van der Waals surface area contributed by atoms with Gasteiger partial charge in [-0.2, -0.15) is 0 Å². The minimum absolute atomic E-state index is 0.0585. The first-order valence-corrected chi connectivity index (χ1v) is 10.9. The number of hydrogen-bond donors (Lipinski definition) is 1. The van der Waals surface area contributed by atoms with E-state index in [0.29, 0.717) is 44.0 Å². The second-order valence-electron chi connectivity index (χ2n) is 6.88. The number of ketones is 1. The van der Waals surface area contributed by atoms with Gasteiger partial charge in [-0.3, -0.25) is 14.5 Å². The number of ether oxygens (including phenoxy) is 2. The number of carboxylic acids is 1. The number of anilines is 1. The van der Waals surface area contributed by atoms with Crippen LogP contribution in [0.5, 0.6) is 11.5 Å². The Bertz CT molecular complexity index is 1110. The normalized spacial score (nSPS) is 15.7. The van der Waals surface area contributed by atoms with Crippen LogP contribution in [-0.4, -0.2) is 40.3 Å². The Kier molecular flexibility index (Phi) is 7.32. The van der Waals surface area contributed by atoms with Crippen LogP contribution in [0, 0.1) is 0 Å². The van der Waals surface area contributed by atoms with Crippen LogP contribution in [0.4, 0.5) is 5.69 Å². The molecule has 2 aromatic carbocycles. The Hall–Kier alpha value is -3.17. The van der Waals surface area contributed by atoms with E-state index in [1.165, 1.54) is 30.7 Å². The molecule has 166 valence electrons. The van der Waals surface area contributed by atoms with Gasteiger partial charge < -0.3 is 14.6 Å². The topological polar surface area (TPSA) is 93.1 Å². The molecule has 1 amide bonds. The summed E-state index contributed by atoms with van der Waals surface area (Å²) in [6.07, 6.45) is 1.00. The molecule has 0 aliphatic carbocycles. The van der Waals surface area contributed by atoms with E-state index in [1.807, 2.05) is 0 Å². The summed E-state index contributed by atoms with van der Waals surface area (Å²) in [5, 5.41) is 9.21. The number of carbonyl (C=O) groups is 3. The van der Waals surface area contributed by atoms with E-state index in [2.05, 4.69) is 0 Å². The number of thiocarbonyl (C=S) groups is 1. The quantitative estimate of drug-likeness (QED) is 0.341. The Morgan fingerprint density at radius 2 is 1.88 bits per heavy atom. The van der Waals surface area contributed by atoms with Crippen LogP contribution in [0.2, 0.25) is 0 Å². The Morgan fingerprint density at radius 3 is 2.44 bits per heavy atom. The smallest absolute Gasteiger partial charge is 0.344 e. The van der Waals surface area contributed by atoms with Crippen molar-refractivity contribution in [1.29, 1.82) is 0 Å². The molecule has 0 aromatic heterocycles. The lowest BCUT2D eigenvalue weighted by molar-refractivity contribution is -0.145. The number of carboxylic acid groups (broad SMARTS) is 1. The molecule has 1 saturated heterocycles. The highest BCUT2D eigenvalue weighted by molar-refractivity contribution is 8.27. The maximum atomic E-state index is 13.0. The van der Waals surface area contributed by atoms with Crippen LogP contribution < -0.4 is 14.4 Å². The number of hydrogen-bond acceptors (Lipinski definition) is 7.